The van der Waals surface area contributed by atoms with Crippen LogP contribution in [0.15, 0.2) is 0 Å². The lowest BCUT2D eigenvalue weighted by molar-refractivity contribution is -0.169. The SMILES string of the molecule is CCCCCCCCCCCCCCOC(=O)C(C)(C)C(=O)OCCCCCCCCC. The van der Waals surface area contributed by atoms with Crippen molar-refractivity contribution in [3.63, 3.8) is 0 Å². The molecule has 0 heterocycles. The molecule has 0 aliphatic carbocycles. The zero-order chi connectivity index (χ0) is 23.9. The van der Waals surface area contributed by atoms with E-state index in [1.807, 2.05) is 0 Å². The smallest absolute Gasteiger partial charge is 0.322 e. The van der Waals surface area contributed by atoms with E-state index >= 15 is 0 Å². The van der Waals surface area contributed by atoms with Gasteiger partial charge in [-0.2, -0.15) is 0 Å². The molecule has 190 valence electrons. The van der Waals surface area contributed by atoms with E-state index in [0.29, 0.717) is 13.2 Å². The lowest BCUT2D eigenvalue weighted by atomic mass is 9.94. The Balaban J connectivity index is 3.64. The number of hydrogen-bond donors (Lipinski definition) is 0. The van der Waals surface area contributed by atoms with Gasteiger partial charge in [0.2, 0.25) is 0 Å². The number of hydrogen-bond acceptors (Lipinski definition) is 4. The lowest BCUT2D eigenvalue weighted by Gasteiger charge is -2.20. The zero-order valence-electron chi connectivity index (χ0n) is 22.0. The third kappa shape index (κ3) is 17.5. The molecule has 0 aromatic carbocycles. The molecule has 4 heteroatoms. The van der Waals surface area contributed by atoms with E-state index in [4.69, 9.17) is 9.47 Å². The van der Waals surface area contributed by atoms with Crippen molar-refractivity contribution in [3.05, 3.63) is 0 Å². The Morgan fingerprint density at radius 2 is 0.719 bits per heavy atom. The number of rotatable bonds is 23. The van der Waals surface area contributed by atoms with E-state index in [-0.39, 0.29) is 0 Å². The van der Waals surface area contributed by atoms with Crippen molar-refractivity contribution < 1.29 is 19.1 Å². The third-order valence-corrected chi connectivity index (χ3v) is 6.23. The first-order valence-corrected chi connectivity index (χ1v) is 13.8. The Labute approximate surface area is 199 Å². The van der Waals surface area contributed by atoms with Crippen molar-refractivity contribution in [1.82, 2.24) is 0 Å². The quantitative estimate of drug-likeness (QED) is 0.0881. The summed E-state index contributed by atoms with van der Waals surface area (Å²) in [5.41, 5.74) is -1.22. The van der Waals surface area contributed by atoms with Crippen LogP contribution in [0.5, 0.6) is 0 Å². The Morgan fingerprint density at radius 1 is 0.469 bits per heavy atom. The monoisotopic (exact) mass is 454 g/mol. The van der Waals surface area contributed by atoms with Crippen LogP contribution in [0.1, 0.15) is 150 Å². The van der Waals surface area contributed by atoms with Gasteiger partial charge < -0.3 is 9.47 Å². The largest absolute Gasteiger partial charge is 0.465 e. The molecule has 0 atom stereocenters. The molecule has 0 aromatic rings. The van der Waals surface area contributed by atoms with Crippen molar-refractivity contribution in [1.29, 1.82) is 0 Å². The summed E-state index contributed by atoms with van der Waals surface area (Å²) in [6.07, 6.45) is 23.5. The van der Waals surface area contributed by atoms with Gasteiger partial charge in [0.15, 0.2) is 5.41 Å². The van der Waals surface area contributed by atoms with Crippen LogP contribution in [-0.2, 0) is 19.1 Å². The third-order valence-electron chi connectivity index (χ3n) is 6.23. The second-order valence-electron chi connectivity index (χ2n) is 9.91. The van der Waals surface area contributed by atoms with Crippen LogP contribution in [0.4, 0.5) is 0 Å². The average Bonchev–Trinajstić information content (AvgIpc) is 2.78. The maximum atomic E-state index is 12.3. The number of esters is 2. The van der Waals surface area contributed by atoms with Gasteiger partial charge in [0.1, 0.15) is 0 Å². The van der Waals surface area contributed by atoms with Crippen LogP contribution in [-0.4, -0.2) is 25.2 Å². The predicted octanol–water partition coefficient (Wildman–Crippen LogP) is 8.55. The first-order chi connectivity index (χ1) is 15.5. The molecule has 0 bridgehead atoms. The molecule has 0 saturated carbocycles. The molecular formula is C28H54O4. The van der Waals surface area contributed by atoms with Gasteiger partial charge in [0.25, 0.3) is 0 Å². The van der Waals surface area contributed by atoms with E-state index in [9.17, 15) is 9.59 Å². The van der Waals surface area contributed by atoms with Gasteiger partial charge in [0.05, 0.1) is 13.2 Å². The summed E-state index contributed by atoms with van der Waals surface area (Å²) in [5.74, 6) is -0.937. The van der Waals surface area contributed by atoms with Gasteiger partial charge in [-0.15, -0.1) is 0 Å². The van der Waals surface area contributed by atoms with Crippen molar-refractivity contribution >= 4 is 11.9 Å². The summed E-state index contributed by atoms with van der Waals surface area (Å²) in [5, 5.41) is 0. The first-order valence-electron chi connectivity index (χ1n) is 13.8. The van der Waals surface area contributed by atoms with E-state index in [1.165, 1.54) is 96.3 Å². The van der Waals surface area contributed by atoms with Gasteiger partial charge in [-0.1, -0.05) is 123 Å². The van der Waals surface area contributed by atoms with Gasteiger partial charge >= 0.3 is 11.9 Å². The fourth-order valence-electron chi connectivity index (χ4n) is 3.78. The highest BCUT2D eigenvalue weighted by Gasteiger charge is 2.39. The molecular weight excluding hydrogens is 400 g/mol. The van der Waals surface area contributed by atoms with Gasteiger partial charge in [-0.05, 0) is 26.7 Å². The molecule has 0 amide bonds. The fraction of sp³-hybridized carbons (Fsp3) is 0.929. The molecule has 0 spiro atoms. The van der Waals surface area contributed by atoms with E-state index in [1.54, 1.807) is 13.8 Å². The minimum atomic E-state index is -1.22. The lowest BCUT2D eigenvalue weighted by Crippen LogP contribution is -2.37. The molecule has 0 aromatic heterocycles. The maximum absolute atomic E-state index is 12.3. The molecule has 0 fully saturated rings. The van der Waals surface area contributed by atoms with Crippen molar-refractivity contribution in [3.8, 4) is 0 Å². The Bertz CT molecular complexity index is 445. The highest BCUT2D eigenvalue weighted by atomic mass is 16.6. The maximum Gasteiger partial charge on any atom is 0.322 e. The summed E-state index contributed by atoms with van der Waals surface area (Å²) < 4.78 is 10.7. The van der Waals surface area contributed by atoms with Crippen molar-refractivity contribution in [2.45, 2.75) is 150 Å². The van der Waals surface area contributed by atoms with E-state index < -0.39 is 17.4 Å². The van der Waals surface area contributed by atoms with Crippen LogP contribution in [0.25, 0.3) is 0 Å². The van der Waals surface area contributed by atoms with Gasteiger partial charge in [-0.3, -0.25) is 9.59 Å². The molecule has 4 nitrogen and oxygen atoms in total. The minimum Gasteiger partial charge on any atom is -0.465 e. The molecule has 0 N–H and O–H groups in total. The highest BCUT2D eigenvalue weighted by Crippen LogP contribution is 2.20. The predicted molar refractivity (Wildman–Crippen MR) is 135 cm³/mol. The topological polar surface area (TPSA) is 52.6 Å². The summed E-state index contributed by atoms with van der Waals surface area (Å²) >= 11 is 0. The molecule has 0 rings (SSSR count). The zero-order valence-corrected chi connectivity index (χ0v) is 22.0. The van der Waals surface area contributed by atoms with Gasteiger partial charge in [-0.25, -0.2) is 0 Å². The Kier molecular flexibility index (Phi) is 21.0. The van der Waals surface area contributed by atoms with Crippen LogP contribution in [0.3, 0.4) is 0 Å². The van der Waals surface area contributed by atoms with Crippen molar-refractivity contribution in [2.24, 2.45) is 5.41 Å². The second kappa shape index (κ2) is 21.8. The summed E-state index contributed by atoms with van der Waals surface area (Å²) in [7, 11) is 0. The molecule has 32 heavy (non-hydrogen) atoms. The fourth-order valence-corrected chi connectivity index (χ4v) is 3.78. The second-order valence-corrected chi connectivity index (χ2v) is 9.91. The molecule has 0 unspecified atom stereocenters. The normalized spacial score (nSPS) is 11.5. The van der Waals surface area contributed by atoms with E-state index in [0.717, 1.165) is 25.7 Å². The summed E-state index contributed by atoms with van der Waals surface area (Å²) in [4.78, 5) is 24.6. The number of ether oxygens (including phenoxy) is 2. The highest BCUT2D eigenvalue weighted by molar-refractivity contribution is 5.99. The average molecular weight is 455 g/mol. The van der Waals surface area contributed by atoms with Crippen LogP contribution < -0.4 is 0 Å². The Hall–Kier alpha value is -1.06. The molecule has 0 radical (unpaired) electrons. The standard InChI is InChI=1S/C28H54O4/c1-5-7-9-11-13-14-15-16-17-19-21-23-25-32-27(30)28(3,4)26(29)31-24-22-20-18-12-10-8-6-2/h5-25H2,1-4H3. The minimum absolute atomic E-state index is 0.391. The first kappa shape index (κ1) is 30.9. The van der Waals surface area contributed by atoms with Gasteiger partial charge in [0, 0.05) is 0 Å². The molecule has 0 saturated heterocycles. The number of unbranched alkanes of at least 4 members (excludes halogenated alkanes) is 17. The summed E-state index contributed by atoms with van der Waals surface area (Å²) in [6, 6.07) is 0. The molecule has 0 aliphatic heterocycles. The molecule has 0 aliphatic rings. The summed E-state index contributed by atoms with van der Waals surface area (Å²) in [6.45, 7) is 8.46. The van der Waals surface area contributed by atoms with Crippen molar-refractivity contribution in [2.75, 3.05) is 13.2 Å². The Morgan fingerprint density at radius 3 is 1.00 bits per heavy atom. The van der Waals surface area contributed by atoms with Crippen LogP contribution in [0.2, 0.25) is 0 Å². The van der Waals surface area contributed by atoms with Crippen LogP contribution in [0, 0.1) is 5.41 Å². The number of carbonyl (C=O) groups is 2. The number of carbonyl (C=O) groups excluding carboxylic acids is 2. The van der Waals surface area contributed by atoms with E-state index in [2.05, 4.69) is 13.8 Å². The van der Waals surface area contributed by atoms with Crippen LogP contribution >= 0.6 is 0 Å².